The molecule has 3 aromatic rings. The molecule has 110 valence electrons. The first-order valence-corrected chi connectivity index (χ1v) is 7.64. The second-order valence-corrected chi connectivity index (χ2v) is 5.61. The number of benzene rings is 1. The molecule has 2 heterocycles. The molecule has 22 heavy (non-hydrogen) atoms. The van der Waals surface area contributed by atoms with Crippen LogP contribution >= 0.6 is 15.9 Å². The van der Waals surface area contributed by atoms with E-state index in [9.17, 15) is 4.79 Å². The maximum atomic E-state index is 12.7. The first-order chi connectivity index (χ1) is 10.7. The van der Waals surface area contributed by atoms with Crippen LogP contribution in [0.1, 0.15) is 18.3 Å². The van der Waals surface area contributed by atoms with Gasteiger partial charge in [0.05, 0.1) is 17.1 Å². The van der Waals surface area contributed by atoms with Crippen molar-refractivity contribution < 1.29 is 0 Å². The van der Waals surface area contributed by atoms with Gasteiger partial charge in [0, 0.05) is 28.9 Å². The molecule has 0 unspecified atom stereocenters. The van der Waals surface area contributed by atoms with Crippen molar-refractivity contribution in [3.8, 4) is 0 Å². The molecule has 0 amide bonds. The largest absolute Gasteiger partial charge is 0.282 e. The smallest absolute Gasteiger partial charge is 0.267 e. The molecule has 0 saturated heterocycles. The van der Waals surface area contributed by atoms with E-state index in [0.29, 0.717) is 23.1 Å². The van der Waals surface area contributed by atoms with Crippen molar-refractivity contribution in [1.29, 1.82) is 0 Å². The first kappa shape index (κ1) is 14.6. The minimum absolute atomic E-state index is 0.178. The van der Waals surface area contributed by atoms with Gasteiger partial charge in [-0.1, -0.05) is 28.9 Å². The number of aryl methyl sites for hydroxylation is 1. The molecule has 0 N–H and O–H groups in total. The molecule has 0 fully saturated rings. The van der Waals surface area contributed by atoms with Gasteiger partial charge < -0.3 is 0 Å². The lowest BCUT2D eigenvalue weighted by Gasteiger charge is -2.07. The summed E-state index contributed by atoms with van der Waals surface area (Å²) in [6.07, 6.45) is 5.60. The number of halogens is 1. The van der Waals surface area contributed by atoms with Gasteiger partial charge in [-0.3, -0.25) is 9.78 Å². The Morgan fingerprint density at radius 3 is 2.95 bits per heavy atom. The van der Waals surface area contributed by atoms with Gasteiger partial charge in [-0.05, 0) is 24.3 Å². The van der Waals surface area contributed by atoms with Crippen LogP contribution in [0.2, 0.25) is 0 Å². The molecule has 6 heteroatoms. The van der Waals surface area contributed by atoms with Crippen LogP contribution in [-0.4, -0.2) is 20.9 Å². The molecule has 0 aliphatic carbocycles. The average Bonchev–Trinajstić information content (AvgIpc) is 2.55. The second-order valence-electron chi connectivity index (χ2n) is 4.69. The number of pyridine rings is 1. The van der Waals surface area contributed by atoms with Gasteiger partial charge in [0.1, 0.15) is 5.82 Å². The normalized spacial score (nSPS) is 11.4. The Labute approximate surface area is 135 Å². The number of rotatable bonds is 3. The first-order valence-electron chi connectivity index (χ1n) is 6.84. The summed E-state index contributed by atoms with van der Waals surface area (Å²) in [4.78, 5) is 21.2. The Hall–Kier alpha value is -2.34. The van der Waals surface area contributed by atoms with E-state index in [1.54, 1.807) is 24.7 Å². The van der Waals surface area contributed by atoms with Crippen molar-refractivity contribution in [2.45, 2.75) is 13.3 Å². The number of aromatic nitrogens is 3. The summed E-state index contributed by atoms with van der Waals surface area (Å²) >= 11 is 3.38. The molecule has 0 saturated carbocycles. The Bertz CT molecular complexity index is 903. The summed E-state index contributed by atoms with van der Waals surface area (Å²) < 4.78 is 2.19. The SMILES string of the molecule is CCc1nc2ccc(Br)cc2c(=O)n1N=Cc1cccnc1. The van der Waals surface area contributed by atoms with Crippen LogP contribution in [0, 0.1) is 0 Å². The molecule has 3 rings (SSSR count). The summed E-state index contributed by atoms with van der Waals surface area (Å²) in [6.45, 7) is 1.95. The third kappa shape index (κ3) is 2.82. The van der Waals surface area contributed by atoms with Crippen molar-refractivity contribution >= 4 is 33.0 Å². The van der Waals surface area contributed by atoms with Crippen molar-refractivity contribution in [2.24, 2.45) is 5.10 Å². The molecular weight excluding hydrogens is 344 g/mol. The quantitative estimate of drug-likeness (QED) is 0.677. The monoisotopic (exact) mass is 356 g/mol. The standard InChI is InChI=1S/C16H13BrN4O/c1-2-15-20-14-6-5-12(17)8-13(14)16(22)21(15)19-10-11-4-3-7-18-9-11/h3-10H,2H2,1H3. The van der Waals surface area contributed by atoms with Crippen molar-refractivity contribution in [3.05, 3.63) is 68.9 Å². The minimum atomic E-state index is -0.178. The van der Waals surface area contributed by atoms with E-state index in [2.05, 4.69) is 31.0 Å². The van der Waals surface area contributed by atoms with Gasteiger partial charge in [-0.15, -0.1) is 0 Å². The summed E-state index contributed by atoms with van der Waals surface area (Å²) in [5, 5.41) is 4.82. The van der Waals surface area contributed by atoms with E-state index < -0.39 is 0 Å². The highest BCUT2D eigenvalue weighted by molar-refractivity contribution is 9.10. The maximum absolute atomic E-state index is 12.7. The third-order valence-corrected chi connectivity index (χ3v) is 3.69. The van der Waals surface area contributed by atoms with Crippen LogP contribution < -0.4 is 5.56 Å². The highest BCUT2D eigenvalue weighted by atomic mass is 79.9. The van der Waals surface area contributed by atoms with Gasteiger partial charge in [0.15, 0.2) is 0 Å². The molecular formula is C16H13BrN4O. The van der Waals surface area contributed by atoms with Crippen LogP contribution in [0.4, 0.5) is 0 Å². The number of fused-ring (bicyclic) bond motifs is 1. The average molecular weight is 357 g/mol. The Morgan fingerprint density at radius 1 is 1.36 bits per heavy atom. The van der Waals surface area contributed by atoms with Crippen LogP contribution in [0.3, 0.4) is 0 Å². The molecule has 0 bridgehead atoms. The lowest BCUT2D eigenvalue weighted by molar-refractivity contribution is 0.734. The van der Waals surface area contributed by atoms with Gasteiger partial charge >= 0.3 is 0 Å². The van der Waals surface area contributed by atoms with Crippen molar-refractivity contribution in [2.75, 3.05) is 0 Å². The fourth-order valence-electron chi connectivity index (χ4n) is 2.12. The number of hydrogen-bond acceptors (Lipinski definition) is 4. The predicted octanol–water partition coefficient (Wildman–Crippen LogP) is 3.00. The van der Waals surface area contributed by atoms with Crippen LogP contribution in [0.15, 0.2) is 57.1 Å². The summed E-state index contributed by atoms with van der Waals surface area (Å²) in [6, 6.07) is 9.16. The van der Waals surface area contributed by atoms with Gasteiger partial charge in [0.2, 0.25) is 0 Å². The highest BCUT2D eigenvalue weighted by Gasteiger charge is 2.09. The Balaban J connectivity index is 2.17. The maximum Gasteiger partial charge on any atom is 0.282 e. The Kier molecular flexibility index (Phi) is 4.11. The third-order valence-electron chi connectivity index (χ3n) is 3.20. The van der Waals surface area contributed by atoms with Crippen molar-refractivity contribution in [3.63, 3.8) is 0 Å². The molecule has 1 aromatic carbocycles. The van der Waals surface area contributed by atoms with E-state index in [1.807, 2.05) is 31.2 Å². The molecule has 0 spiro atoms. The van der Waals surface area contributed by atoms with Crippen LogP contribution in [0.5, 0.6) is 0 Å². The van der Waals surface area contributed by atoms with E-state index in [4.69, 9.17) is 0 Å². The highest BCUT2D eigenvalue weighted by Crippen LogP contribution is 2.16. The van der Waals surface area contributed by atoms with Crippen LogP contribution in [0.25, 0.3) is 10.9 Å². The zero-order valence-electron chi connectivity index (χ0n) is 11.9. The number of nitrogens with zero attached hydrogens (tertiary/aromatic N) is 4. The van der Waals surface area contributed by atoms with Crippen LogP contribution in [-0.2, 0) is 6.42 Å². The predicted molar refractivity (Wildman–Crippen MR) is 90.3 cm³/mol. The Morgan fingerprint density at radius 2 is 2.23 bits per heavy atom. The van der Waals surface area contributed by atoms with E-state index >= 15 is 0 Å². The molecule has 5 nitrogen and oxygen atoms in total. The van der Waals surface area contributed by atoms with E-state index in [0.717, 1.165) is 10.0 Å². The summed E-state index contributed by atoms with van der Waals surface area (Å²) in [7, 11) is 0. The van der Waals surface area contributed by atoms with Crippen molar-refractivity contribution in [1.82, 2.24) is 14.6 Å². The van der Waals surface area contributed by atoms with Gasteiger partial charge in [-0.2, -0.15) is 9.78 Å². The van der Waals surface area contributed by atoms with E-state index in [-0.39, 0.29) is 5.56 Å². The fraction of sp³-hybridized carbons (Fsp3) is 0.125. The zero-order chi connectivity index (χ0) is 15.5. The zero-order valence-corrected chi connectivity index (χ0v) is 13.5. The molecule has 2 aromatic heterocycles. The van der Waals surface area contributed by atoms with Gasteiger partial charge in [-0.25, -0.2) is 4.98 Å². The number of hydrogen-bond donors (Lipinski definition) is 0. The molecule has 0 radical (unpaired) electrons. The summed E-state index contributed by atoms with van der Waals surface area (Å²) in [5.41, 5.74) is 1.33. The lowest BCUT2D eigenvalue weighted by atomic mass is 10.2. The second kappa shape index (κ2) is 6.19. The topological polar surface area (TPSA) is 60.1 Å². The molecule has 0 aliphatic heterocycles. The summed E-state index contributed by atoms with van der Waals surface area (Å²) in [5.74, 6) is 0.625. The molecule has 0 atom stereocenters. The molecule has 0 aliphatic rings. The lowest BCUT2D eigenvalue weighted by Crippen LogP contribution is -2.22. The fourth-order valence-corrected chi connectivity index (χ4v) is 2.48. The minimum Gasteiger partial charge on any atom is -0.267 e. The van der Waals surface area contributed by atoms with E-state index in [1.165, 1.54) is 4.68 Å². The van der Waals surface area contributed by atoms with Gasteiger partial charge in [0.25, 0.3) is 5.56 Å².